The van der Waals surface area contributed by atoms with Gasteiger partial charge in [-0.25, -0.2) is 0 Å². The van der Waals surface area contributed by atoms with Crippen molar-refractivity contribution in [3.63, 3.8) is 0 Å². The molecule has 4 heteroatoms. The summed E-state index contributed by atoms with van der Waals surface area (Å²) in [5.74, 6) is 1.38. The van der Waals surface area contributed by atoms with Crippen LogP contribution >= 0.6 is 0 Å². The van der Waals surface area contributed by atoms with E-state index in [-0.39, 0.29) is 5.54 Å². The molecule has 1 aliphatic rings. The molecular weight excluding hydrogens is 236 g/mol. The molecule has 0 spiro atoms. The van der Waals surface area contributed by atoms with Gasteiger partial charge in [-0.2, -0.15) is 0 Å². The third-order valence-electron chi connectivity index (χ3n) is 4.16. The van der Waals surface area contributed by atoms with Crippen molar-refractivity contribution in [2.45, 2.75) is 65.5 Å². The number of aliphatic imine (C=N–C) groups is 1. The van der Waals surface area contributed by atoms with Gasteiger partial charge in [-0.15, -0.1) is 0 Å². The number of nitrogens with zero attached hydrogens (tertiary/aromatic N) is 2. The molecule has 1 saturated heterocycles. The van der Waals surface area contributed by atoms with E-state index >= 15 is 0 Å². The summed E-state index contributed by atoms with van der Waals surface area (Å²) in [6.45, 7) is 14.3. The van der Waals surface area contributed by atoms with Crippen LogP contribution in [0, 0.1) is 5.92 Å². The molecule has 0 saturated carbocycles. The highest BCUT2D eigenvalue weighted by molar-refractivity contribution is 5.78. The van der Waals surface area contributed by atoms with Crippen molar-refractivity contribution in [3.8, 4) is 0 Å². The van der Waals surface area contributed by atoms with E-state index in [1.807, 2.05) is 0 Å². The molecule has 4 nitrogen and oxygen atoms in total. The van der Waals surface area contributed by atoms with Crippen LogP contribution in [0.5, 0.6) is 0 Å². The number of hydrogen-bond donors (Lipinski definition) is 2. The Labute approximate surface area is 118 Å². The first-order valence-corrected chi connectivity index (χ1v) is 7.66. The van der Waals surface area contributed by atoms with Gasteiger partial charge in [0, 0.05) is 18.1 Å². The Bertz CT molecular complexity index is 299. The monoisotopic (exact) mass is 268 g/mol. The molecule has 1 fully saturated rings. The van der Waals surface area contributed by atoms with Gasteiger partial charge in [0.25, 0.3) is 0 Å². The molecule has 1 rings (SSSR count). The molecule has 2 unspecified atom stereocenters. The minimum atomic E-state index is 0.0937. The summed E-state index contributed by atoms with van der Waals surface area (Å²) in [7, 11) is 0. The number of likely N-dealkylation sites (tertiary alicyclic amines) is 1. The highest BCUT2D eigenvalue weighted by Crippen LogP contribution is 2.23. The minimum Gasteiger partial charge on any atom is -0.370 e. The summed E-state index contributed by atoms with van der Waals surface area (Å²) in [4.78, 5) is 7.08. The average molecular weight is 268 g/mol. The minimum absolute atomic E-state index is 0.0937. The van der Waals surface area contributed by atoms with Crippen LogP contribution < -0.4 is 11.1 Å². The van der Waals surface area contributed by atoms with Crippen LogP contribution in [-0.4, -0.2) is 42.1 Å². The largest absolute Gasteiger partial charge is 0.370 e. The van der Waals surface area contributed by atoms with E-state index in [0.717, 1.165) is 18.9 Å². The van der Waals surface area contributed by atoms with E-state index in [4.69, 9.17) is 5.73 Å². The predicted molar refractivity (Wildman–Crippen MR) is 83.4 cm³/mol. The molecule has 0 aromatic rings. The van der Waals surface area contributed by atoms with E-state index in [2.05, 4.69) is 49.8 Å². The summed E-state index contributed by atoms with van der Waals surface area (Å²) in [5, 5.41) is 3.22. The summed E-state index contributed by atoms with van der Waals surface area (Å²) in [5.41, 5.74) is 6.03. The third-order valence-corrected chi connectivity index (χ3v) is 4.16. The van der Waals surface area contributed by atoms with Crippen molar-refractivity contribution in [2.75, 3.05) is 19.6 Å². The van der Waals surface area contributed by atoms with Crippen LogP contribution in [-0.2, 0) is 0 Å². The Hall–Kier alpha value is -0.770. The predicted octanol–water partition coefficient (Wildman–Crippen LogP) is 2.20. The first-order valence-electron chi connectivity index (χ1n) is 7.66. The zero-order valence-electron chi connectivity index (χ0n) is 13.4. The lowest BCUT2D eigenvalue weighted by Crippen LogP contribution is -2.51. The maximum atomic E-state index is 5.93. The van der Waals surface area contributed by atoms with Crippen molar-refractivity contribution in [1.29, 1.82) is 0 Å². The van der Waals surface area contributed by atoms with Crippen molar-refractivity contribution in [2.24, 2.45) is 16.6 Å². The van der Waals surface area contributed by atoms with Gasteiger partial charge in [0.05, 0.1) is 6.54 Å². The van der Waals surface area contributed by atoms with Gasteiger partial charge in [0.15, 0.2) is 5.96 Å². The molecule has 1 aliphatic heterocycles. The molecule has 0 radical (unpaired) electrons. The van der Waals surface area contributed by atoms with Crippen molar-refractivity contribution in [3.05, 3.63) is 0 Å². The number of guanidine groups is 1. The number of nitrogens with two attached hydrogens (primary N) is 1. The van der Waals surface area contributed by atoms with Crippen LogP contribution in [0.25, 0.3) is 0 Å². The Morgan fingerprint density at radius 3 is 2.79 bits per heavy atom. The summed E-state index contributed by atoms with van der Waals surface area (Å²) >= 11 is 0. The van der Waals surface area contributed by atoms with Gasteiger partial charge in [0.2, 0.25) is 0 Å². The van der Waals surface area contributed by atoms with E-state index in [0.29, 0.717) is 12.0 Å². The van der Waals surface area contributed by atoms with Gasteiger partial charge in [0.1, 0.15) is 0 Å². The fraction of sp³-hybridized carbons (Fsp3) is 0.933. The first kappa shape index (κ1) is 16.3. The second kappa shape index (κ2) is 7.13. The number of hydrogen-bond acceptors (Lipinski definition) is 2. The van der Waals surface area contributed by atoms with Crippen LogP contribution in [0.4, 0.5) is 0 Å². The molecular formula is C15H32N4. The Morgan fingerprint density at radius 1 is 1.53 bits per heavy atom. The fourth-order valence-corrected chi connectivity index (χ4v) is 2.52. The van der Waals surface area contributed by atoms with Gasteiger partial charge in [-0.3, -0.25) is 9.89 Å². The molecule has 0 amide bonds. The molecule has 0 aromatic carbocycles. The van der Waals surface area contributed by atoms with Crippen molar-refractivity contribution in [1.82, 2.24) is 10.2 Å². The molecule has 2 atom stereocenters. The van der Waals surface area contributed by atoms with Crippen LogP contribution in [0.1, 0.15) is 53.9 Å². The maximum absolute atomic E-state index is 5.93. The lowest BCUT2D eigenvalue weighted by Gasteiger charge is -2.42. The van der Waals surface area contributed by atoms with Gasteiger partial charge < -0.3 is 11.1 Å². The Kier molecular flexibility index (Phi) is 6.11. The maximum Gasteiger partial charge on any atom is 0.188 e. The van der Waals surface area contributed by atoms with E-state index in [9.17, 15) is 0 Å². The molecule has 3 N–H and O–H groups in total. The summed E-state index contributed by atoms with van der Waals surface area (Å²) in [6.07, 6.45) is 3.71. The quantitative estimate of drug-likeness (QED) is 0.594. The smallest absolute Gasteiger partial charge is 0.188 e. The molecule has 0 bridgehead atoms. The van der Waals surface area contributed by atoms with Crippen LogP contribution in [0.3, 0.4) is 0 Å². The number of rotatable bonds is 5. The van der Waals surface area contributed by atoms with Crippen molar-refractivity contribution >= 4 is 5.96 Å². The molecule has 0 aromatic heterocycles. The summed E-state index contributed by atoms with van der Waals surface area (Å²) in [6, 6.07) is 0.391. The van der Waals surface area contributed by atoms with Gasteiger partial charge >= 0.3 is 0 Å². The van der Waals surface area contributed by atoms with Crippen LogP contribution in [0.2, 0.25) is 0 Å². The molecule has 0 aliphatic carbocycles. The number of piperidine rings is 1. The molecule has 19 heavy (non-hydrogen) atoms. The van der Waals surface area contributed by atoms with E-state index < -0.39 is 0 Å². The zero-order valence-corrected chi connectivity index (χ0v) is 13.4. The topological polar surface area (TPSA) is 53.6 Å². The van der Waals surface area contributed by atoms with Gasteiger partial charge in [-0.1, -0.05) is 13.8 Å². The Balaban J connectivity index is 2.51. The normalized spacial score (nSPS) is 24.3. The standard InChI is InChI=1S/C15H32N4/c1-6-13(3)18-14(16)17-11-15(4,5)19-9-7-8-12(2)10-19/h12-13H,6-11H2,1-5H3,(H3,16,17,18). The second-order valence-corrected chi connectivity index (χ2v) is 6.66. The second-order valence-electron chi connectivity index (χ2n) is 6.66. The average Bonchev–Trinajstić information content (AvgIpc) is 2.36. The highest BCUT2D eigenvalue weighted by atomic mass is 15.2. The van der Waals surface area contributed by atoms with E-state index in [1.165, 1.54) is 25.9 Å². The van der Waals surface area contributed by atoms with Crippen molar-refractivity contribution < 1.29 is 0 Å². The fourth-order valence-electron chi connectivity index (χ4n) is 2.52. The number of nitrogens with one attached hydrogen (secondary N) is 1. The molecule has 1 heterocycles. The summed E-state index contributed by atoms with van der Waals surface area (Å²) < 4.78 is 0. The lowest BCUT2D eigenvalue weighted by molar-refractivity contribution is 0.0775. The molecule has 112 valence electrons. The van der Waals surface area contributed by atoms with Crippen LogP contribution in [0.15, 0.2) is 4.99 Å². The third kappa shape index (κ3) is 5.39. The van der Waals surface area contributed by atoms with E-state index in [1.54, 1.807) is 0 Å². The van der Waals surface area contributed by atoms with Gasteiger partial charge in [-0.05, 0) is 52.5 Å². The lowest BCUT2D eigenvalue weighted by atomic mass is 9.94. The SMILES string of the molecule is CCC(C)NC(N)=NCC(C)(C)N1CCCC(C)C1. The highest BCUT2D eigenvalue weighted by Gasteiger charge is 2.29. The first-order chi connectivity index (χ1) is 8.85. The zero-order chi connectivity index (χ0) is 14.5. The Morgan fingerprint density at radius 2 is 2.21 bits per heavy atom.